The predicted octanol–water partition coefficient (Wildman–Crippen LogP) is 3.75. The van der Waals surface area contributed by atoms with Gasteiger partial charge in [-0.05, 0) is 38.2 Å². The molecule has 2 heterocycles. The minimum absolute atomic E-state index is 0.0193. The average molecular weight is 469 g/mol. The molecule has 0 aliphatic heterocycles. The highest BCUT2D eigenvalue weighted by Crippen LogP contribution is 2.32. The Morgan fingerprint density at radius 2 is 2.00 bits per heavy atom. The normalized spacial score (nSPS) is 12.9. The number of benzene rings is 1. The van der Waals surface area contributed by atoms with E-state index in [4.69, 9.17) is 14.5 Å². The second-order valence-electron chi connectivity index (χ2n) is 7.94. The van der Waals surface area contributed by atoms with E-state index in [9.17, 15) is 9.59 Å². The van der Waals surface area contributed by atoms with Gasteiger partial charge in [0.05, 0.1) is 37.1 Å². The van der Waals surface area contributed by atoms with Gasteiger partial charge in [0, 0.05) is 30.5 Å². The zero-order valence-corrected chi connectivity index (χ0v) is 19.8. The van der Waals surface area contributed by atoms with E-state index in [0.29, 0.717) is 48.3 Å². The van der Waals surface area contributed by atoms with Gasteiger partial charge in [0.25, 0.3) is 5.56 Å². The van der Waals surface area contributed by atoms with Crippen molar-refractivity contribution in [3.63, 3.8) is 0 Å². The van der Waals surface area contributed by atoms with E-state index in [-0.39, 0.29) is 11.5 Å². The van der Waals surface area contributed by atoms with Gasteiger partial charge in [0.1, 0.15) is 0 Å². The van der Waals surface area contributed by atoms with Crippen LogP contribution in [0.4, 0.5) is 5.13 Å². The van der Waals surface area contributed by atoms with Gasteiger partial charge in [-0.1, -0.05) is 6.08 Å². The smallest absolute Gasteiger partial charge is 0.261 e. The van der Waals surface area contributed by atoms with Crippen molar-refractivity contribution in [3.05, 3.63) is 52.0 Å². The second kappa shape index (κ2) is 10.2. The van der Waals surface area contributed by atoms with Crippen molar-refractivity contribution in [2.24, 2.45) is 0 Å². The van der Waals surface area contributed by atoms with Crippen LogP contribution in [0.2, 0.25) is 0 Å². The number of ether oxygens (including phenoxy) is 2. The summed E-state index contributed by atoms with van der Waals surface area (Å²) in [6, 6.07) is 3.32. The second-order valence-corrected chi connectivity index (χ2v) is 9.00. The fourth-order valence-electron chi connectivity index (χ4n) is 4.05. The number of hydrogen-bond acceptors (Lipinski definition) is 7. The number of aryl methyl sites for hydroxylation is 3. The van der Waals surface area contributed by atoms with Crippen molar-refractivity contribution in [2.45, 2.75) is 45.1 Å². The van der Waals surface area contributed by atoms with Gasteiger partial charge >= 0.3 is 0 Å². The molecule has 0 saturated carbocycles. The molecule has 0 unspecified atom stereocenters. The molecule has 174 valence electrons. The van der Waals surface area contributed by atoms with E-state index >= 15 is 0 Å². The monoisotopic (exact) mass is 468 g/mol. The highest BCUT2D eigenvalue weighted by atomic mass is 32.1. The molecule has 0 spiro atoms. The van der Waals surface area contributed by atoms with Crippen LogP contribution >= 0.6 is 11.3 Å². The molecule has 0 fully saturated rings. The van der Waals surface area contributed by atoms with Crippen LogP contribution in [0, 0.1) is 0 Å². The van der Waals surface area contributed by atoms with Gasteiger partial charge in [-0.3, -0.25) is 19.1 Å². The van der Waals surface area contributed by atoms with Crippen molar-refractivity contribution < 1.29 is 14.3 Å². The zero-order chi connectivity index (χ0) is 23.4. The number of amides is 1. The lowest BCUT2D eigenvalue weighted by atomic mass is 10.0. The average Bonchev–Trinajstić information content (AvgIpc) is 3.27. The number of fused-ring (bicyclic) bond motifs is 2. The summed E-state index contributed by atoms with van der Waals surface area (Å²) in [5.74, 6) is 0.976. The molecule has 1 aromatic carbocycles. The molecule has 1 aliphatic rings. The maximum Gasteiger partial charge on any atom is 0.261 e. The summed E-state index contributed by atoms with van der Waals surface area (Å²) in [6.07, 6.45) is 8.39. The Balaban J connectivity index is 1.46. The van der Waals surface area contributed by atoms with Crippen LogP contribution in [0.1, 0.15) is 36.3 Å². The van der Waals surface area contributed by atoms with Gasteiger partial charge in [0.2, 0.25) is 5.91 Å². The third kappa shape index (κ3) is 4.78. The molecule has 9 heteroatoms. The van der Waals surface area contributed by atoms with E-state index in [1.807, 2.05) is 0 Å². The Bertz CT molecular complexity index is 1210. The van der Waals surface area contributed by atoms with Gasteiger partial charge in [0.15, 0.2) is 16.6 Å². The van der Waals surface area contributed by atoms with Gasteiger partial charge in [-0.15, -0.1) is 17.9 Å². The quantitative estimate of drug-likeness (QED) is 0.445. The van der Waals surface area contributed by atoms with Gasteiger partial charge < -0.3 is 9.47 Å². The number of nitrogens with zero attached hydrogens (tertiary/aromatic N) is 4. The minimum atomic E-state index is -0.177. The molecular formula is C24H28N4O4S. The number of anilines is 1. The zero-order valence-electron chi connectivity index (χ0n) is 19.0. The lowest BCUT2D eigenvalue weighted by molar-refractivity contribution is -0.118. The van der Waals surface area contributed by atoms with Crippen LogP contribution in [0.25, 0.3) is 10.9 Å². The first kappa shape index (κ1) is 23.0. The van der Waals surface area contributed by atoms with E-state index in [2.05, 4.69) is 11.6 Å². The molecule has 33 heavy (non-hydrogen) atoms. The van der Waals surface area contributed by atoms with E-state index in [1.54, 1.807) is 41.6 Å². The van der Waals surface area contributed by atoms with E-state index < -0.39 is 0 Å². The summed E-state index contributed by atoms with van der Waals surface area (Å²) in [7, 11) is 3.07. The Kier molecular flexibility index (Phi) is 7.08. The molecule has 0 saturated heterocycles. The minimum Gasteiger partial charge on any atom is -0.493 e. The Labute approximate surface area is 196 Å². The van der Waals surface area contributed by atoms with Crippen LogP contribution in [-0.4, -0.2) is 41.2 Å². The molecule has 1 aliphatic carbocycles. The van der Waals surface area contributed by atoms with Gasteiger partial charge in [-0.2, -0.15) is 0 Å². The standard InChI is InChI=1S/C24H28N4O4S/c1-4-11-28(24-26-17-8-5-6-9-21(17)33-24)22(29)10-7-12-27-15-25-18-14-20(32-3)19(31-2)13-16(18)23(27)30/h4,13-15H,1,5-12H2,2-3H3. The van der Waals surface area contributed by atoms with Crippen molar-refractivity contribution in [2.75, 3.05) is 25.7 Å². The maximum atomic E-state index is 13.0. The fraction of sp³-hybridized carbons (Fsp3) is 0.417. The third-order valence-electron chi connectivity index (χ3n) is 5.80. The number of hydrogen-bond donors (Lipinski definition) is 0. The summed E-state index contributed by atoms with van der Waals surface area (Å²) in [5, 5.41) is 1.19. The van der Waals surface area contributed by atoms with Gasteiger partial charge in [-0.25, -0.2) is 9.97 Å². The Hall–Kier alpha value is -3.20. The highest BCUT2D eigenvalue weighted by Gasteiger charge is 2.22. The molecule has 0 radical (unpaired) electrons. The Morgan fingerprint density at radius 3 is 2.73 bits per heavy atom. The lowest BCUT2D eigenvalue weighted by Gasteiger charge is -2.18. The number of carbonyl (C=O) groups excluding carboxylic acids is 1. The van der Waals surface area contributed by atoms with Crippen LogP contribution in [0.3, 0.4) is 0 Å². The molecule has 8 nitrogen and oxygen atoms in total. The Morgan fingerprint density at radius 1 is 1.24 bits per heavy atom. The van der Waals surface area contributed by atoms with E-state index in [0.717, 1.165) is 30.1 Å². The first-order chi connectivity index (χ1) is 16.0. The first-order valence-electron chi connectivity index (χ1n) is 11.1. The number of thiazole rings is 1. The first-order valence-corrected chi connectivity index (χ1v) is 11.9. The fourth-order valence-corrected chi connectivity index (χ4v) is 5.22. The van der Waals surface area contributed by atoms with E-state index in [1.165, 1.54) is 29.3 Å². The van der Waals surface area contributed by atoms with Crippen LogP contribution in [0.15, 0.2) is 35.9 Å². The number of methoxy groups -OCH3 is 2. The molecule has 0 N–H and O–H groups in total. The number of aromatic nitrogens is 3. The third-order valence-corrected chi connectivity index (χ3v) is 6.98. The molecule has 3 aromatic rings. The predicted molar refractivity (Wildman–Crippen MR) is 130 cm³/mol. The molecule has 2 aromatic heterocycles. The summed E-state index contributed by atoms with van der Waals surface area (Å²) in [6.45, 7) is 4.60. The van der Waals surface area contributed by atoms with Crippen molar-refractivity contribution in [1.29, 1.82) is 0 Å². The molecule has 1 amide bonds. The number of carbonyl (C=O) groups is 1. The SMILES string of the molecule is C=CCN(C(=O)CCCn1cnc2cc(OC)c(OC)cc2c1=O)c1nc2c(s1)CCCC2. The number of rotatable bonds is 9. The molecule has 0 atom stereocenters. The summed E-state index contributed by atoms with van der Waals surface area (Å²) in [4.78, 5) is 38.1. The van der Waals surface area contributed by atoms with Crippen LogP contribution < -0.4 is 19.9 Å². The van der Waals surface area contributed by atoms with Crippen molar-refractivity contribution >= 4 is 33.3 Å². The topological polar surface area (TPSA) is 86.5 Å². The summed E-state index contributed by atoms with van der Waals surface area (Å²) >= 11 is 1.61. The molecule has 0 bridgehead atoms. The highest BCUT2D eigenvalue weighted by molar-refractivity contribution is 7.16. The van der Waals surface area contributed by atoms with Crippen LogP contribution in [0.5, 0.6) is 11.5 Å². The maximum absolute atomic E-state index is 13.0. The lowest BCUT2D eigenvalue weighted by Crippen LogP contribution is -2.31. The van der Waals surface area contributed by atoms with Crippen molar-refractivity contribution in [3.8, 4) is 11.5 Å². The largest absolute Gasteiger partial charge is 0.493 e. The van der Waals surface area contributed by atoms with Crippen LogP contribution in [-0.2, 0) is 24.2 Å². The van der Waals surface area contributed by atoms with Crippen molar-refractivity contribution in [1.82, 2.24) is 14.5 Å². The summed E-state index contributed by atoms with van der Waals surface area (Å²) in [5.41, 5.74) is 1.49. The molecule has 4 rings (SSSR count). The molecular weight excluding hydrogens is 440 g/mol. The summed E-state index contributed by atoms with van der Waals surface area (Å²) < 4.78 is 12.1.